The van der Waals surface area contributed by atoms with Crippen LogP contribution in [-0.4, -0.2) is 102 Å². The van der Waals surface area contributed by atoms with Crippen LogP contribution in [0, 0.1) is 0 Å². The van der Waals surface area contributed by atoms with Crippen molar-refractivity contribution in [3.8, 4) is 0 Å². The van der Waals surface area contributed by atoms with Crippen molar-refractivity contribution in [2.24, 2.45) is 0 Å². The minimum Gasteiger partial charge on any atom is -0.459 e. The van der Waals surface area contributed by atoms with Crippen molar-refractivity contribution >= 4 is 23.8 Å². The van der Waals surface area contributed by atoms with E-state index in [9.17, 15) is 24.3 Å². The van der Waals surface area contributed by atoms with Crippen LogP contribution in [-0.2, 0) is 42.9 Å². The third kappa shape index (κ3) is 8.23. The molecule has 0 radical (unpaired) electrons. The van der Waals surface area contributed by atoms with E-state index in [4.69, 9.17) is 23.7 Å². The molecule has 12 heteroatoms. The first kappa shape index (κ1) is 31.5. The van der Waals surface area contributed by atoms with Gasteiger partial charge in [0.1, 0.15) is 24.4 Å². The summed E-state index contributed by atoms with van der Waals surface area (Å²) in [6.07, 6.45) is -4.48. The molecule has 2 aliphatic rings. The first-order valence-electron chi connectivity index (χ1n) is 13.5. The van der Waals surface area contributed by atoms with Gasteiger partial charge in [-0.1, -0.05) is 43.7 Å². The fraction of sp³-hybridized carbons (Fsp3) is 0.643. The van der Waals surface area contributed by atoms with Crippen molar-refractivity contribution in [3.63, 3.8) is 0 Å². The van der Waals surface area contributed by atoms with Crippen molar-refractivity contribution in [2.45, 2.75) is 90.5 Å². The van der Waals surface area contributed by atoms with Gasteiger partial charge in [-0.15, -0.1) is 0 Å². The van der Waals surface area contributed by atoms with Gasteiger partial charge in [0.15, 0.2) is 18.7 Å². The number of nitrogens with zero attached hydrogens (tertiary/aromatic N) is 2. The number of amides is 2. The van der Waals surface area contributed by atoms with E-state index in [1.165, 1.54) is 32.6 Å². The van der Waals surface area contributed by atoms with Gasteiger partial charge in [-0.05, 0) is 6.42 Å². The molecular weight excluding hydrogens is 524 g/mol. The van der Waals surface area contributed by atoms with Gasteiger partial charge in [0.2, 0.25) is 11.8 Å². The van der Waals surface area contributed by atoms with Gasteiger partial charge in [-0.2, -0.15) is 0 Å². The zero-order valence-corrected chi connectivity index (χ0v) is 23.7. The Hall–Kier alpha value is -3.06. The molecule has 0 saturated carbocycles. The number of esters is 2. The van der Waals surface area contributed by atoms with E-state index in [-0.39, 0.29) is 25.6 Å². The zero-order valence-electron chi connectivity index (χ0n) is 23.7. The van der Waals surface area contributed by atoms with Crippen LogP contribution in [0.25, 0.3) is 0 Å². The molecule has 222 valence electrons. The van der Waals surface area contributed by atoms with Crippen molar-refractivity contribution in [3.05, 3.63) is 35.9 Å². The van der Waals surface area contributed by atoms with Crippen LogP contribution in [0.4, 0.5) is 0 Å². The second-order valence-corrected chi connectivity index (χ2v) is 10.0. The quantitative estimate of drug-likeness (QED) is 0.394. The predicted octanol–water partition coefficient (Wildman–Crippen LogP) is 1.55. The molecule has 2 heterocycles. The Morgan fingerprint density at radius 3 is 2.27 bits per heavy atom. The lowest BCUT2D eigenvalue weighted by Gasteiger charge is -2.50. The van der Waals surface area contributed by atoms with Crippen molar-refractivity contribution in [1.82, 2.24) is 9.80 Å². The lowest BCUT2D eigenvalue weighted by Crippen LogP contribution is -2.68. The molecule has 0 bridgehead atoms. The molecule has 2 fully saturated rings. The topological polar surface area (TPSA) is 141 Å². The third-order valence-corrected chi connectivity index (χ3v) is 6.85. The smallest absolute Gasteiger partial charge is 0.303 e. The number of benzene rings is 1. The van der Waals surface area contributed by atoms with Crippen LogP contribution in [0.1, 0.15) is 59.3 Å². The predicted molar refractivity (Wildman–Crippen MR) is 140 cm³/mol. The molecule has 0 aliphatic carbocycles. The van der Waals surface area contributed by atoms with Crippen LogP contribution >= 0.6 is 0 Å². The first-order chi connectivity index (χ1) is 19.0. The standard InChI is InChI=1S/C28H40N2O10/c1-6-7-13-29(17(2)31)14-22(37-19(4)33)15-30(18(3)32)24-26(38-20(5)34)25-23(39-27(24)35)16-36-28(40-25)21-11-9-8-10-12-21/h8-12,22-28,35H,6-7,13-16H2,1-5H3/t22-,23-,24-,25-,26-,27-,28?/m1/s1. The highest BCUT2D eigenvalue weighted by atomic mass is 16.7. The fourth-order valence-corrected chi connectivity index (χ4v) is 5.03. The van der Waals surface area contributed by atoms with E-state index in [1.807, 2.05) is 37.3 Å². The van der Waals surface area contributed by atoms with Crippen molar-refractivity contribution in [2.75, 3.05) is 26.2 Å². The average Bonchev–Trinajstić information content (AvgIpc) is 2.89. The van der Waals surface area contributed by atoms with E-state index >= 15 is 0 Å². The lowest BCUT2D eigenvalue weighted by atomic mass is 9.93. The minimum absolute atomic E-state index is 0.0348. The molecule has 2 amide bonds. The van der Waals surface area contributed by atoms with E-state index in [1.54, 1.807) is 4.90 Å². The molecule has 0 aromatic heterocycles. The second kappa shape index (κ2) is 14.5. The van der Waals surface area contributed by atoms with Gasteiger partial charge in [0, 0.05) is 39.8 Å². The Morgan fingerprint density at radius 2 is 1.70 bits per heavy atom. The number of aliphatic hydroxyl groups is 1. The molecule has 3 rings (SSSR count). The average molecular weight is 565 g/mol. The number of hydrogen-bond acceptors (Lipinski definition) is 10. The summed E-state index contributed by atoms with van der Waals surface area (Å²) in [5, 5.41) is 11.1. The molecule has 40 heavy (non-hydrogen) atoms. The van der Waals surface area contributed by atoms with Crippen LogP contribution in [0.3, 0.4) is 0 Å². The summed E-state index contributed by atoms with van der Waals surface area (Å²) in [6, 6.07) is 7.97. The summed E-state index contributed by atoms with van der Waals surface area (Å²) in [5.74, 6) is -1.93. The summed E-state index contributed by atoms with van der Waals surface area (Å²) in [4.78, 5) is 52.3. The lowest BCUT2D eigenvalue weighted by molar-refractivity contribution is -0.346. The first-order valence-corrected chi connectivity index (χ1v) is 13.5. The highest BCUT2D eigenvalue weighted by Crippen LogP contribution is 2.36. The summed E-state index contributed by atoms with van der Waals surface area (Å²) in [7, 11) is 0. The number of carbonyl (C=O) groups excluding carboxylic acids is 4. The molecule has 1 aromatic rings. The molecule has 2 saturated heterocycles. The maximum Gasteiger partial charge on any atom is 0.303 e. The maximum absolute atomic E-state index is 13.0. The Morgan fingerprint density at radius 1 is 1.00 bits per heavy atom. The number of rotatable bonds is 11. The summed E-state index contributed by atoms with van der Waals surface area (Å²) in [5.41, 5.74) is 0.736. The number of aliphatic hydroxyl groups excluding tert-OH is 1. The SMILES string of the molecule is CCCCN(C[C@H](CN(C(C)=O)[C@@H]1[C@@H](OC(C)=O)[C@@H]2OC(c3ccccc3)OC[C@H]2O[C@H]1O)OC(C)=O)C(C)=O. The van der Waals surface area contributed by atoms with Crippen LogP contribution < -0.4 is 0 Å². The number of carbonyl (C=O) groups is 4. The summed E-state index contributed by atoms with van der Waals surface area (Å²) >= 11 is 0. The van der Waals surface area contributed by atoms with Gasteiger partial charge in [-0.25, -0.2) is 0 Å². The van der Waals surface area contributed by atoms with E-state index < -0.39 is 60.9 Å². The van der Waals surface area contributed by atoms with Gasteiger partial charge >= 0.3 is 11.9 Å². The van der Waals surface area contributed by atoms with Crippen LogP contribution in [0.15, 0.2) is 30.3 Å². The molecular formula is C28H40N2O10. The monoisotopic (exact) mass is 564 g/mol. The maximum atomic E-state index is 13.0. The highest BCUT2D eigenvalue weighted by Gasteiger charge is 2.54. The van der Waals surface area contributed by atoms with Crippen LogP contribution in [0.2, 0.25) is 0 Å². The van der Waals surface area contributed by atoms with Crippen LogP contribution in [0.5, 0.6) is 0 Å². The zero-order chi connectivity index (χ0) is 29.4. The molecule has 1 aromatic carbocycles. The van der Waals surface area contributed by atoms with Crippen molar-refractivity contribution in [1.29, 1.82) is 0 Å². The number of hydrogen-bond donors (Lipinski definition) is 1. The highest BCUT2D eigenvalue weighted by molar-refractivity contribution is 5.75. The molecule has 0 spiro atoms. The van der Waals surface area contributed by atoms with E-state index in [0.29, 0.717) is 6.54 Å². The molecule has 1 N–H and O–H groups in total. The third-order valence-electron chi connectivity index (χ3n) is 6.85. The molecule has 7 atom stereocenters. The minimum atomic E-state index is -1.57. The molecule has 1 unspecified atom stereocenters. The number of ether oxygens (including phenoxy) is 5. The number of fused-ring (bicyclic) bond motifs is 1. The Balaban J connectivity index is 1.91. The van der Waals surface area contributed by atoms with Gasteiger partial charge in [0.25, 0.3) is 0 Å². The molecule has 12 nitrogen and oxygen atoms in total. The Labute approximate surface area is 234 Å². The summed E-state index contributed by atoms with van der Waals surface area (Å²) in [6.45, 7) is 7.50. The Kier molecular flexibility index (Phi) is 11.4. The fourth-order valence-electron chi connectivity index (χ4n) is 5.03. The Bertz CT molecular complexity index is 1020. The number of unbranched alkanes of at least 4 members (excludes halogenated alkanes) is 1. The molecule has 2 aliphatic heterocycles. The van der Waals surface area contributed by atoms with E-state index in [2.05, 4.69) is 0 Å². The summed E-state index contributed by atoms with van der Waals surface area (Å²) < 4.78 is 29.0. The van der Waals surface area contributed by atoms with Gasteiger partial charge in [-0.3, -0.25) is 19.2 Å². The van der Waals surface area contributed by atoms with Gasteiger partial charge in [0.05, 0.1) is 19.7 Å². The van der Waals surface area contributed by atoms with Crippen molar-refractivity contribution < 1.29 is 48.0 Å². The second-order valence-electron chi connectivity index (χ2n) is 10.0. The van der Waals surface area contributed by atoms with E-state index in [0.717, 1.165) is 18.4 Å². The largest absolute Gasteiger partial charge is 0.459 e. The van der Waals surface area contributed by atoms with Gasteiger partial charge < -0.3 is 38.6 Å². The normalized spacial score (nSPS) is 26.6.